The summed E-state index contributed by atoms with van der Waals surface area (Å²) >= 11 is 0. The van der Waals surface area contributed by atoms with Gasteiger partial charge in [-0.15, -0.1) is 0 Å². The van der Waals surface area contributed by atoms with Crippen LogP contribution in [0.2, 0.25) is 0 Å². The van der Waals surface area contributed by atoms with Crippen molar-refractivity contribution in [2.24, 2.45) is 5.92 Å². The summed E-state index contributed by atoms with van der Waals surface area (Å²) in [4.78, 5) is 23.4. The Hall–Kier alpha value is -1.30. The van der Waals surface area contributed by atoms with Gasteiger partial charge >= 0.3 is 12.0 Å². The molecule has 2 amide bonds. The highest BCUT2D eigenvalue weighted by Crippen LogP contribution is 2.34. The van der Waals surface area contributed by atoms with Crippen LogP contribution in [0.15, 0.2) is 0 Å². The number of hydrogen-bond donors (Lipinski definition) is 3. The number of hydrogen-bond acceptors (Lipinski definition) is 3. The summed E-state index contributed by atoms with van der Waals surface area (Å²) in [6.45, 7) is 0.437. The molecule has 0 radical (unpaired) electrons. The summed E-state index contributed by atoms with van der Waals surface area (Å²) in [6, 6.07) is -1.19. The third-order valence-electron chi connectivity index (χ3n) is 4.94. The first-order chi connectivity index (χ1) is 10.1. The molecule has 1 unspecified atom stereocenters. The molecule has 6 nitrogen and oxygen atoms in total. The average molecular weight is 298 g/mol. The fourth-order valence-electron chi connectivity index (χ4n) is 3.31. The molecule has 1 atom stereocenters. The summed E-state index contributed by atoms with van der Waals surface area (Å²) < 4.78 is 5.43. The lowest BCUT2D eigenvalue weighted by Crippen LogP contribution is -2.55. The summed E-state index contributed by atoms with van der Waals surface area (Å²) in [5.41, 5.74) is -0.249. The van der Waals surface area contributed by atoms with Crippen LogP contribution >= 0.6 is 0 Å². The van der Waals surface area contributed by atoms with Crippen molar-refractivity contribution in [3.05, 3.63) is 0 Å². The molecule has 2 aliphatic rings. The number of carboxylic acid groups (broad SMARTS) is 1. The normalized spacial score (nSPS) is 22.9. The Morgan fingerprint density at radius 2 is 1.90 bits per heavy atom. The van der Waals surface area contributed by atoms with Crippen molar-refractivity contribution in [1.82, 2.24) is 10.6 Å². The van der Waals surface area contributed by atoms with Gasteiger partial charge in [0.05, 0.1) is 5.60 Å². The Kier molecular flexibility index (Phi) is 5.45. The van der Waals surface area contributed by atoms with Crippen LogP contribution in [0.5, 0.6) is 0 Å². The van der Waals surface area contributed by atoms with E-state index in [0.717, 1.165) is 51.4 Å². The molecule has 2 saturated carbocycles. The molecule has 0 aromatic heterocycles. The van der Waals surface area contributed by atoms with Gasteiger partial charge in [0.15, 0.2) is 0 Å². The highest BCUT2D eigenvalue weighted by molar-refractivity contribution is 5.82. The van der Waals surface area contributed by atoms with Gasteiger partial charge in [0.25, 0.3) is 0 Å². The number of rotatable bonds is 6. The van der Waals surface area contributed by atoms with Gasteiger partial charge in [0.1, 0.15) is 6.04 Å². The van der Waals surface area contributed by atoms with Crippen LogP contribution in [0, 0.1) is 5.92 Å². The molecule has 2 aliphatic carbocycles. The van der Waals surface area contributed by atoms with E-state index in [1.54, 1.807) is 7.11 Å². The van der Waals surface area contributed by atoms with Gasteiger partial charge in [-0.3, -0.25) is 0 Å². The van der Waals surface area contributed by atoms with E-state index in [1.807, 2.05) is 0 Å². The van der Waals surface area contributed by atoms with Gasteiger partial charge in [-0.2, -0.15) is 0 Å². The number of nitrogens with one attached hydrogen (secondary N) is 2. The molecule has 0 aromatic rings. The molecule has 6 heteroatoms. The second-order valence-electron chi connectivity index (χ2n) is 6.28. The topological polar surface area (TPSA) is 87.7 Å². The first-order valence-electron chi connectivity index (χ1n) is 7.89. The number of urea groups is 1. The molecular weight excluding hydrogens is 272 g/mol. The number of ether oxygens (including phenoxy) is 1. The quantitative estimate of drug-likeness (QED) is 0.699. The molecule has 0 bridgehead atoms. The second-order valence-corrected chi connectivity index (χ2v) is 6.28. The number of carboxylic acids is 1. The lowest BCUT2D eigenvalue weighted by atomic mass is 9.80. The molecule has 0 spiro atoms. The molecule has 2 fully saturated rings. The van der Waals surface area contributed by atoms with Gasteiger partial charge in [-0.1, -0.05) is 19.3 Å². The van der Waals surface area contributed by atoms with Crippen LogP contribution < -0.4 is 10.6 Å². The van der Waals surface area contributed by atoms with Crippen molar-refractivity contribution in [3.63, 3.8) is 0 Å². The number of methoxy groups -OCH3 is 1. The third-order valence-corrected chi connectivity index (χ3v) is 4.94. The third kappa shape index (κ3) is 4.09. The zero-order valence-electron chi connectivity index (χ0n) is 12.7. The fraction of sp³-hybridized carbons (Fsp3) is 0.867. The maximum atomic E-state index is 12.0. The smallest absolute Gasteiger partial charge is 0.326 e. The standard InChI is InChI=1S/C15H26N2O4/c1-21-15(8-5-9-15)10-16-14(20)17-12(13(18)19)11-6-3-2-4-7-11/h11-12H,2-10H2,1H3,(H,18,19)(H2,16,17,20). The van der Waals surface area contributed by atoms with Gasteiger partial charge < -0.3 is 20.5 Å². The van der Waals surface area contributed by atoms with Crippen LogP contribution in [-0.4, -0.2) is 42.4 Å². The van der Waals surface area contributed by atoms with Crippen LogP contribution in [-0.2, 0) is 9.53 Å². The predicted molar refractivity (Wildman–Crippen MR) is 78.1 cm³/mol. The SMILES string of the molecule is COC1(CNC(=O)NC(C(=O)O)C2CCCCC2)CCC1. The lowest BCUT2D eigenvalue weighted by Gasteiger charge is -2.40. The molecular formula is C15H26N2O4. The first kappa shape index (κ1) is 16.1. The first-order valence-corrected chi connectivity index (χ1v) is 7.89. The van der Waals surface area contributed by atoms with Gasteiger partial charge in [-0.25, -0.2) is 9.59 Å². The summed E-state index contributed by atoms with van der Waals surface area (Å²) in [5.74, 6) is -0.899. The van der Waals surface area contributed by atoms with Crippen molar-refractivity contribution in [1.29, 1.82) is 0 Å². The molecule has 120 valence electrons. The van der Waals surface area contributed by atoms with Crippen molar-refractivity contribution < 1.29 is 19.4 Å². The number of carbonyl (C=O) groups is 2. The highest BCUT2D eigenvalue weighted by atomic mass is 16.5. The van der Waals surface area contributed by atoms with E-state index in [-0.39, 0.29) is 11.5 Å². The van der Waals surface area contributed by atoms with E-state index >= 15 is 0 Å². The fourth-order valence-corrected chi connectivity index (χ4v) is 3.31. The molecule has 0 aliphatic heterocycles. The van der Waals surface area contributed by atoms with E-state index in [0.29, 0.717) is 6.54 Å². The monoisotopic (exact) mass is 298 g/mol. The Bertz CT molecular complexity index is 370. The molecule has 0 aromatic carbocycles. The van der Waals surface area contributed by atoms with Crippen molar-refractivity contribution in [3.8, 4) is 0 Å². The van der Waals surface area contributed by atoms with Crippen LogP contribution in [0.4, 0.5) is 4.79 Å². The molecule has 2 rings (SSSR count). The zero-order chi connectivity index (χ0) is 15.3. The van der Waals surface area contributed by atoms with Gasteiger partial charge in [0.2, 0.25) is 0 Å². The summed E-state index contributed by atoms with van der Waals surface area (Å²) in [7, 11) is 1.65. The van der Waals surface area contributed by atoms with E-state index in [2.05, 4.69) is 10.6 Å². The number of aliphatic carboxylic acids is 1. The van der Waals surface area contributed by atoms with Crippen molar-refractivity contribution in [2.75, 3.05) is 13.7 Å². The predicted octanol–water partition coefficient (Wildman–Crippen LogP) is 1.89. The Morgan fingerprint density at radius 3 is 2.38 bits per heavy atom. The largest absolute Gasteiger partial charge is 0.480 e. The summed E-state index contributed by atoms with van der Waals surface area (Å²) in [5, 5.41) is 14.7. The average Bonchev–Trinajstić information content (AvgIpc) is 2.44. The van der Waals surface area contributed by atoms with E-state index < -0.39 is 18.0 Å². The van der Waals surface area contributed by atoms with Crippen LogP contribution in [0.25, 0.3) is 0 Å². The summed E-state index contributed by atoms with van der Waals surface area (Å²) in [6.07, 6.45) is 7.99. The van der Waals surface area contributed by atoms with Crippen molar-refractivity contribution in [2.45, 2.75) is 63.0 Å². The van der Waals surface area contributed by atoms with E-state index in [1.165, 1.54) is 0 Å². The molecule has 3 N–H and O–H groups in total. The second kappa shape index (κ2) is 7.11. The Labute approximate surface area is 125 Å². The molecule has 21 heavy (non-hydrogen) atoms. The maximum Gasteiger partial charge on any atom is 0.326 e. The Balaban J connectivity index is 1.82. The van der Waals surface area contributed by atoms with Crippen LogP contribution in [0.3, 0.4) is 0 Å². The minimum atomic E-state index is -0.942. The Morgan fingerprint density at radius 1 is 1.24 bits per heavy atom. The minimum absolute atomic E-state index is 0.0436. The maximum absolute atomic E-state index is 12.0. The van der Waals surface area contributed by atoms with Gasteiger partial charge in [0, 0.05) is 13.7 Å². The molecule has 0 saturated heterocycles. The highest BCUT2D eigenvalue weighted by Gasteiger charge is 2.37. The van der Waals surface area contributed by atoms with Crippen LogP contribution in [0.1, 0.15) is 51.4 Å². The van der Waals surface area contributed by atoms with E-state index in [9.17, 15) is 14.7 Å². The van der Waals surface area contributed by atoms with E-state index in [4.69, 9.17) is 4.74 Å². The van der Waals surface area contributed by atoms with Crippen molar-refractivity contribution >= 4 is 12.0 Å². The lowest BCUT2D eigenvalue weighted by molar-refractivity contribution is -0.141. The minimum Gasteiger partial charge on any atom is -0.480 e. The molecule has 0 heterocycles. The zero-order valence-corrected chi connectivity index (χ0v) is 12.7. The number of carbonyl (C=O) groups excluding carboxylic acids is 1. The number of amides is 2. The van der Waals surface area contributed by atoms with Gasteiger partial charge in [-0.05, 0) is 38.0 Å².